The van der Waals surface area contributed by atoms with E-state index in [0.29, 0.717) is 0 Å². The van der Waals surface area contributed by atoms with Gasteiger partial charge in [0, 0.05) is 12.6 Å². The van der Waals surface area contributed by atoms with Gasteiger partial charge in [-0.1, -0.05) is 30.3 Å². The molecule has 1 saturated heterocycles. The highest BCUT2D eigenvalue weighted by Gasteiger charge is 2.14. The van der Waals surface area contributed by atoms with E-state index in [0.717, 1.165) is 13.0 Å². The molecule has 2 N–H and O–H groups in total. The maximum Gasteiger partial charge on any atom is 0.0208 e. The monoisotopic (exact) mass is 276 g/mol. The van der Waals surface area contributed by atoms with Crippen LogP contribution in [0.2, 0.25) is 0 Å². The fourth-order valence-electron chi connectivity index (χ4n) is 2.28. The molecule has 0 aromatic heterocycles. The number of nitrogens with zero attached hydrogens (tertiary/aromatic N) is 1. The van der Waals surface area contributed by atoms with E-state index >= 15 is 0 Å². The molecule has 0 bridgehead atoms. The Morgan fingerprint density at radius 3 is 2.24 bits per heavy atom. The summed E-state index contributed by atoms with van der Waals surface area (Å²) < 4.78 is 0. The molecule has 1 unspecified atom stereocenters. The first-order chi connectivity index (χ1) is 7.34. The van der Waals surface area contributed by atoms with E-state index in [1.165, 1.54) is 31.5 Å². The van der Waals surface area contributed by atoms with Crippen molar-refractivity contribution in [1.82, 2.24) is 4.90 Å². The summed E-state index contributed by atoms with van der Waals surface area (Å²) in [5.74, 6) is 0. The van der Waals surface area contributed by atoms with Crippen LogP contribution in [0.1, 0.15) is 18.4 Å². The van der Waals surface area contributed by atoms with Crippen molar-refractivity contribution in [1.29, 1.82) is 0 Å². The lowest BCUT2D eigenvalue weighted by Gasteiger charge is -2.20. The lowest BCUT2D eigenvalue weighted by molar-refractivity contribution is 0.313. The zero-order valence-corrected chi connectivity index (χ0v) is 11.7. The van der Waals surface area contributed by atoms with Crippen molar-refractivity contribution in [3.8, 4) is 0 Å². The minimum Gasteiger partial charge on any atom is -0.326 e. The van der Waals surface area contributed by atoms with E-state index < -0.39 is 0 Å². The van der Waals surface area contributed by atoms with E-state index in [1.807, 2.05) is 0 Å². The van der Waals surface area contributed by atoms with Gasteiger partial charge in [0.05, 0.1) is 0 Å². The highest BCUT2D eigenvalue weighted by atomic mass is 35.5. The fraction of sp³-hybridized carbons (Fsp3) is 0.538. The molecule has 2 rings (SSSR count). The van der Waals surface area contributed by atoms with Crippen LogP contribution in [0.15, 0.2) is 30.3 Å². The van der Waals surface area contributed by atoms with Gasteiger partial charge in [-0.15, -0.1) is 24.8 Å². The Hall–Kier alpha value is -0.280. The van der Waals surface area contributed by atoms with Crippen LogP contribution in [-0.4, -0.2) is 30.6 Å². The van der Waals surface area contributed by atoms with E-state index in [2.05, 4.69) is 35.2 Å². The Kier molecular flexibility index (Phi) is 8.61. The summed E-state index contributed by atoms with van der Waals surface area (Å²) in [6.07, 6.45) is 3.69. The lowest BCUT2D eigenvalue weighted by Crippen LogP contribution is -2.37. The Bertz CT molecular complexity index is 287. The van der Waals surface area contributed by atoms with Crippen molar-refractivity contribution >= 4 is 24.8 Å². The molecule has 1 aliphatic heterocycles. The van der Waals surface area contributed by atoms with Crippen LogP contribution in [0.4, 0.5) is 0 Å². The molecule has 1 aromatic carbocycles. The van der Waals surface area contributed by atoms with Crippen LogP contribution in [0, 0.1) is 0 Å². The second-order valence-electron chi connectivity index (χ2n) is 4.46. The molecule has 17 heavy (non-hydrogen) atoms. The predicted molar refractivity (Wildman–Crippen MR) is 78.3 cm³/mol. The van der Waals surface area contributed by atoms with Gasteiger partial charge < -0.3 is 10.6 Å². The molecule has 1 fully saturated rings. The summed E-state index contributed by atoms with van der Waals surface area (Å²) in [4.78, 5) is 2.48. The number of benzene rings is 1. The third-order valence-corrected chi connectivity index (χ3v) is 3.03. The summed E-state index contributed by atoms with van der Waals surface area (Å²) >= 11 is 0. The van der Waals surface area contributed by atoms with Crippen molar-refractivity contribution in [2.45, 2.75) is 25.3 Å². The van der Waals surface area contributed by atoms with Crippen LogP contribution in [0.25, 0.3) is 0 Å². The number of likely N-dealkylation sites (tertiary alicyclic amines) is 1. The molecule has 0 spiro atoms. The summed E-state index contributed by atoms with van der Waals surface area (Å²) in [5.41, 5.74) is 7.49. The maximum absolute atomic E-state index is 6.14. The van der Waals surface area contributed by atoms with Gasteiger partial charge in [-0.25, -0.2) is 0 Å². The van der Waals surface area contributed by atoms with E-state index in [4.69, 9.17) is 5.73 Å². The van der Waals surface area contributed by atoms with Gasteiger partial charge in [-0.05, 0) is 37.9 Å². The first-order valence-electron chi connectivity index (χ1n) is 5.86. The molecule has 0 radical (unpaired) electrons. The van der Waals surface area contributed by atoms with Gasteiger partial charge in [0.2, 0.25) is 0 Å². The zero-order valence-electron chi connectivity index (χ0n) is 10.0. The summed E-state index contributed by atoms with van der Waals surface area (Å²) in [6.45, 7) is 3.53. The summed E-state index contributed by atoms with van der Waals surface area (Å²) in [6, 6.07) is 10.8. The van der Waals surface area contributed by atoms with Crippen molar-refractivity contribution in [2.24, 2.45) is 5.73 Å². The molecule has 2 nitrogen and oxygen atoms in total. The second-order valence-corrected chi connectivity index (χ2v) is 4.46. The smallest absolute Gasteiger partial charge is 0.0208 e. The Balaban J connectivity index is 0.00000128. The van der Waals surface area contributed by atoms with Crippen LogP contribution >= 0.6 is 24.8 Å². The van der Waals surface area contributed by atoms with Crippen LogP contribution in [-0.2, 0) is 6.42 Å². The van der Waals surface area contributed by atoms with Gasteiger partial charge in [-0.3, -0.25) is 0 Å². The van der Waals surface area contributed by atoms with E-state index in [-0.39, 0.29) is 30.9 Å². The van der Waals surface area contributed by atoms with Gasteiger partial charge in [0.25, 0.3) is 0 Å². The maximum atomic E-state index is 6.14. The number of rotatable bonds is 4. The van der Waals surface area contributed by atoms with Crippen molar-refractivity contribution in [3.05, 3.63) is 35.9 Å². The minimum absolute atomic E-state index is 0. The van der Waals surface area contributed by atoms with Crippen LogP contribution in [0.5, 0.6) is 0 Å². The minimum atomic E-state index is 0. The van der Waals surface area contributed by atoms with Gasteiger partial charge >= 0.3 is 0 Å². The molecule has 1 aliphatic rings. The quantitative estimate of drug-likeness (QED) is 0.916. The lowest BCUT2D eigenvalue weighted by atomic mass is 10.1. The number of hydrogen-bond acceptors (Lipinski definition) is 2. The third-order valence-electron chi connectivity index (χ3n) is 3.03. The third kappa shape index (κ3) is 5.73. The first kappa shape index (κ1) is 16.7. The summed E-state index contributed by atoms with van der Waals surface area (Å²) in [7, 11) is 0. The predicted octanol–water partition coefficient (Wildman–Crippen LogP) is 2.50. The summed E-state index contributed by atoms with van der Waals surface area (Å²) in [5, 5.41) is 0. The van der Waals surface area contributed by atoms with Crippen molar-refractivity contribution < 1.29 is 0 Å². The van der Waals surface area contributed by atoms with Crippen molar-refractivity contribution in [3.63, 3.8) is 0 Å². The van der Waals surface area contributed by atoms with E-state index in [1.54, 1.807) is 0 Å². The number of halogens is 2. The zero-order chi connectivity index (χ0) is 10.5. The van der Waals surface area contributed by atoms with Gasteiger partial charge in [0.15, 0.2) is 0 Å². The normalized spacial score (nSPS) is 17.0. The van der Waals surface area contributed by atoms with E-state index in [9.17, 15) is 0 Å². The highest BCUT2D eigenvalue weighted by molar-refractivity contribution is 5.85. The molecule has 98 valence electrons. The topological polar surface area (TPSA) is 29.3 Å². The molecule has 0 aliphatic carbocycles. The molecular weight excluding hydrogens is 255 g/mol. The standard InChI is InChI=1S/C13H20N2.2ClH/c14-13(11-15-8-4-5-9-15)10-12-6-2-1-3-7-12;;/h1-3,6-7,13H,4-5,8-11,14H2;2*1H. The van der Waals surface area contributed by atoms with Crippen molar-refractivity contribution in [2.75, 3.05) is 19.6 Å². The molecule has 0 saturated carbocycles. The molecular formula is C13H22Cl2N2. The van der Waals surface area contributed by atoms with Crippen LogP contribution < -0.4 is 5.73 Å². The SMILES string of the molecule is Cl.Cl.NC(Cc1ccccc1)CN1CCCC1. The molecule has 4 heteroatoms. The Labute approximate surface area is 116 Å². The molecule has 1 heterocycles. The fourth-order valence-corrected chi connectivity index (χ4v) is 2.28. The molecule has 0 amide bonds. The number of hydrogen-bond donors (Lipinski definition) is 1. The average Bonchev–Trinajstić information content (AvgIpc) is 2.71. The van der Waals surface area contributed by atoms with Gasteiger partial charge in [0.1, 0.15) is 0 Å². The first-order valence-corrected chi connectivity index (χ1v) is 5.86. The molecule has 1 aromatic rings. The average molecular weight is 277 g/mol. The Morgan fingerprint density at radius 1 is 1.06 bits per heavy atom. The highest BCUT2D eigenvalue weighted by Crippen LogP contribution is 2.09. The number of nitrogens with two attached hydrogens (primary N) is 1. The molecule has 1 atom stereocenters. The van der Waals surface area contributed by atoms with Crippen LogP contribution in [0.3, 0.4) is 0 Å². The Morgan fingerprint density at radius 2 is 1.65 bits per heavy atom. The second kappa shape index (κ2) is 8.76. The van der Waals surface area contributed by atoms with Gasteiger partial charge in [-0.2, -0.15) is 0 Å². The largest absolute Gasteiger partial charge is 0.326 e.